The summed E-state index contributed by atoms with van der Waals surface area (Å²) in [5.74, 6) is 0.719. The number of amides is 3. The number of benzene rings is 2. The van der Waals surface area contributed by atoms with E-state index in [9.17, 15) is 9.59 Å². The Labute approximate surface area is 147 Å². The van der Waals surface area contributed by atoms with Crippen LogP contribution in [0.1, 0.15) is 5.56 Å². The van der Waals surface area contributed by atoms with Gasteiger partial charge in [0.2, 0.25) is 0 Å². The molecule has 1 saturated heterocycles. The molecule has 1 atom stereocenters. The number of nitrogens with one attached hydrogen (secondary N) is 2. The first-order valence-electron chi connectivity index (χ1n) is 7.20. The summed E-state index contributed by atoms with van der Waals surface area (Å²) < 4.78 is 11.9. The number of ether oxygens (including phenoxy) is 2. The van der Waals surface area contributed by atoms with Gasteiger partial charge >= 0.3 is 6.03 Å². The van der Waals surface area contributed by atoms with E-state index in [0.717, 1.165) is 4.47 Å². The largest absolute Gasteiger partial charge is 0.497 e. The van der Waals surface area contributed by atoms with Crippen LogP contribution in [0.2, 0.25) is 0 Å². The first kappa shape index (κ1) is 16.3. The molecule has 3 rings (SSSR count). The van der Waals surface area contributed by atoms with Gasteiger partial charge in [0.1, 0.15) is 18.1 Å². The standard InChI is InChI=1S/C17H15BrN2O4/c1-23-14-4-2-3-11(9-14)17(15(21)19-16(22)20-17)10-24-13-7-5-12(18)6-8-13/h2-9H,10H2,1H3,(H2,19,20,21,22). The molecule has 1 fully saturated rings. The number of hydrogen-bond donors (Lipinski definition) is 2. The summed E-state index contributed by atoms with van der Waals surface area (Å²) in [6.45, 7) is -0.0423. The van der Waals surface area contributed by atoms with Crippen molar-refractivity contribution in [2.24, 2.45) is 0 Å². The van der Waals surface area contributed by atoms with E-state index in [1.54, 1.807) is 36.4 Å². The minimum atomic E-state index is -1.31. The van der Waals surface area contributed by atoms with Crippen molar-refractivity contribution in [3.8, 4) is 11.5 Å². The van der Waals surface area contributed by atoms with E-state index in [1.807, 2.05) is 12.1 Å². The van der Waals surface area contributed by atoms with Crippen LogP contribution in [0.25, 0.3) is 0 Å². The van der Waals surface area contributed by atoms with E-state index in [1.165, 1.54) is 7.11 Å². The molecule has 3 amide bonds. The fraction of sp³-hybridized carbons (Fsp3) is 0.176. The van der Waals surface area contributed by atoms with Crippen LogP contribution in [-0.4, -0.2) is 25.7 Å². The third-order valence-corrected chi connectivity index (χ3v) is 4.30. The summed E-state index contributed by atoms with van der Waals surface area (Å²) in [6.07, 6.45) is 0. The first-order valence-corrected chi connectivity index (χ1v) is 7.99. The van der Waals surface area contributed by atoms with Gasteiger partial charge in [0, 0.05) is 4.47 Å². The molecule has 24 heavy (non-hydrogen) atoms. The Bertz CT molecular complexity index is 778. The minimum absolute atomic E-state index is 0.0423. The van der Waals surface area contributed by atoms with Crippen molar-refractivity contribution in [2.75, 3.05) is 13.7 Å². The van der Waals surface area contributed by atoms with Crippen LogP contribution in [0.3, 0.4) is 0 Å². The van der Waals surface area contributed by atoms with Gasteiger partial charge in [-0.1, -0.05) is 28.1 Å². The zero-order chi connectivity index (χ0) is 17.2. The number of hydrogen-bond acceptors (Lipinski definition) is 4. The smallest absolute Gasteiger partial charge is 0.322 e. The van der Waals surface area contributed by atoms with Gasteiger partial charge in [-0.25, -0.2) is 4.79 Å². The predicted octanol–water partition coefficient (Wildman–Crippen LogP) is 2.57. The molecule has 0 aromatic heterocycles. The monoisotopic (exact) mass is 390 g/mol. The molecule has 7 heteroatoms. The molecule has 124 valence electrons. The van der Waals surface area contributed by atoms with Crippen LogP contribution in [0.5, 0.6) is 11.5 Å². The number of rotatable bonds is 5. The molecular weight excluding hydrogens is 376 g/mol. The van der Waals surface area contributed by atoms with Crippen LogP contribution in [0.15, 0.2) is 53.0 Å². The zero-order valence-electron chi connectivity index (χ0n) is 12.8. The molecule has 1 heterocycles. The molecule has 0 radical (unpaired) electrons. The van der Waals surface area contributed by atoms with E-state index < -0.39 is 17.5 Å². The Kier molecular flexibility index (Phi) is 4.44. The Morgan fingerprint density at radius 3 is 2.46 bits per heavy atom. The van der Waals surface area contributed by atoms with Gasteiger partial charge < -0.3 is 14.8 Å². The van der Waals surface area contributed by atoms with Crippen LogP contribution in [0, 0.1) is 0 Å². The lowest BCUT2D eigenvalue weighted by atomic mass is 9.90. The highest BCUT2D eigenvalue weighted by Gasteiger charge is 2.48. The summed E-state index contributed by atoms with van der Waals surface area (Å²) in [4.78, 5) is 24.2. The lowest BCUT2D eigenvalue weighted by Crippen LogP contribution is -2.48. The van der Waals surface area contributed by atoms with Crippen molar-refractivity contribution >= 4 is 27.9 Å². The highest BCUT2D eigenvalue weighted by molar-refractivity contribution is 9.10. The molecule has 2 N–H and O–H groups in total. The third kappa shape index (κ3) is 3.07. The minimum Gasteiger partial charge on any atom is -0.497 e. The summed E-state index contributed by atoms with van der Waals surface area (Å²) in [7, 11) is 1.54. The molecule has 0 spiro atoms. The Morgan fingerprint density at radius 2 is 1.83 bits per heavy atom. The van der Waals surface area contributed by atoms with E-state index in [-0.39, 0.29) is 6.61 Å². The molecule has 2 aromatic carbocycles. The second-order valence-electron chi connectivity index (χ2n) is 5.29. The normalized spacial score (nSPS) is 19.6. The van der Waals surface area contributed by atoms with Crippen LogP contribution >= 0.6 is 15.9 Å². The van der Waals surface area contributed by atoms with Crippen molar-refractivity contribution in [2.45, 2.75) is 5.54 Å². The second-order valence-corrected chi connectivity index (χ2v) is 6.20. The van der Waals surface area contributed by atoms with Crippen molar-refractivity contribution in [1.82, 2.24) is 10.6 Å². The van der Waals surface area contributed by atoms with Gasteiger partial charge in [-0.05, 0) is 42.0 Å². The van der Waals surface area contributed by atoms with Crippen LogP contribution in [-0.2, 0) is 10.3 Å². The van der Waals surface area contributed by atoms with Gasteiger partial charge in [-0.2, -0.15) is 0 Å². The zero-order valence-corrected chi connectivity index (χ0v) is 14.4. The van der Waals surface area contributed by atoms with Crippen molar-refractivity contribution in [1.29, 1.82) is 0 Å². The predicted molar refractivity (Wildman–Crippen MR) is 91.0 cm³/mol. The van der Waals surface area contributed by atoms with Gasteiger partial charge in [-0.3, -0.25) is 10.1 Å². The maximum atomic E-state index is 12.5. The summed E-state index contributed by atoms with van der Waals surface area (Å²) in [5, 5.41) is 4.95. The number of urea groups is 1. The van der Waals surface area contributed by atoms with Crippen LogP contribution in [0.4, 0.5) is 4.79 Å². The topological polar surface area (TPSA) is 76.7 Å². The lowest BCUT2D eigenvalue weighted by molar-refractivity contribution is -0.125. The highest BCUT2D eigenvalue weighted by atomic mass is 79.9. The molecular formula is C17H15BrN2O4. The maximum Gasteiger partial charge on any atom is 0.322 e. The average molecular weight is 391 g/mol. The lowest BCUT2D eigenvalue weighted by Gasteiger charge is -2.27. The summed E-state index contributed by atoms with van der Waals surface area (Å²) in [5.41, 5.74) is -0.721. The number of carbonyl (C=O) groups excluding carboxylic acids is 2. The van der Waals surface area contributed by atoms with Crippen molar-refractivity contribution in [3.63, 3.8) is 0 Å². The number of halogens is 1. The van der Waals surface area contributed by atoms with E-state index >= 15 is 0 Å². The van der Waals surface area contributed by atoms with E-state index in [4.69, 9.17) is 9.47 Å². The molecule has 1 aliphatic rings. The number of carbonyl (C=O) groups is 2. The first-order chi connectivity index (χ1) is 11.5. The molecule has 1 unspecified atom stereocenters. The highest BCUT2D eigenvalue weighted by Crippen LogP contribution is 2.29. The quantitative estimate of drug-likeness (QED) is 0.769. The Balaban J connectivity index is 1.92. The van der Waals surface area contributed by atoms with E-state index in [0.29, 0.717) is 17.1 Å². The summed E-state index contributed by atoms with van der Waals surface area (Å²) in [6, 6.07) is 13.6. The molecule has 0 aliphatic carbocycles. The van der Waals surface area contributed by atoms with Crippen molar-refractivity contribution in [3.05, 3.63) is 58.6 Å². The van der Waals surface area contributed by atoms with Crippen LogP contribution < -0.4 is 20.1 Å². The number of methoxy groups -OCH3 is 1. The number of imide groups is 1. The van der Waals surface area contributed by atoms with Gasteiger partial charge in [-0.15, -0.1) is 0 Å². The second kappa shape index (κ2) is 6.52. The van der Waals surface area contributed by atoms with Gasteiger partial charge in [0.25, 0.3) is 5.91 Å². The summed E-state index contributed by atoms with van der Waals surface area (Å²) >= 11 is 3.35. The van der Waals surface area contributed by atoms with Crippen molar-refractivity contribution < 1.29 is 19.1 Å². The Hall–Kier alpha value is -2.54. The Morgan fingerprint density at radius 1 is 1.08 bits per heavy atom. The fourth-order valence-electron chi connectivity index (χ4n) is 2.49. The molecule has 0 saturated carbocycles. The molecule has 2 aromatic rings. The molecule has 6 nitrogen and oxygen atoms in total. The average Bonchev–Trinajstić information content (AvgIpc) is 2.89. The van der Waals surface area contributed by atoms with E-state index in [2.05, 4.69) is 26.6 Å². The van der Waals surface area contributed by atoms with Gasteiger partial charge in [0.05, 0.1) is 7.11 Å². The SMILES string of the molecule is COc1cccc(C2(COc3ccc(Br)cc3)NC(=O)NC2=O)c1. The fourth-order valence-corrected chi connectivity index (χ4v) is 2.76. The third-order valence-electron chi connectivity index (χ3n) is 3.77. The molecule has 0 bridgehead atoms. The maximum absolute atomic E-state index is 12.5. The van der Waals surface area contributed by atoms with Gasteiger partial charge in [0.15, 0.2) is 5.54 Å². The molecule has 1 aliphatic heterocycles.